The van der Waals surface area contributed by atoms with E-state index in [1.165, 1.54) is 12.1 Å². The topological polar surface area (TPSA) is 95.0 Å². The second-order valence-electron chi connectivity index (χ2n) is 10.7. The molecular weight excluding hydrogens is 591 g/mol. The lowest BCUT2D eigenvalue weighted by Gasteiger charge is -2.13. The maximum atomic E-state index is 13.7. The smallest absolute Gasteiger partial charge is 0.359 e. The molecule has 0 aliphatic carbocycles. The van der Waals surface area contributed by atoms with Crippen LogP contribution in [0, 0.1) is 13.8 Å². The van der Waals surface area contributed by atoms with Crippen LogP contribution in [-0.2, 0) is 29.2 Å². The first-order valence-electron chi connectivity index (χ1n) is 14.2. The van der Waals surface area contributed by atoms with Crippen molar-refractivity contribution in [3.8, 4) is 5.69 Å². The molecule has 12 heteroatoms. The number of nitrogens with one attached hydrogen (secondary N) is 1. The molecular formula is C32H30F3N5O3S. The highest BCUT2D eigenvalue weighted by Gasteiger charge is 2.31. The minimum atomic E-state index is -4.49. The quantitative estimate of drug-likeness (QED) is 0.178. The van der Waals surface area contributed by atoms with Crippen molar-refractivity contribution in [2.45, 2.75) is 57.7 Å². The number of benzene rings is 3. The highest BCUT2D eigenvalue weighted by atomic mass is 32.2. The predicted molar refractivity (Wildman–Crippen MR) is 163 cm³/mol. The third kappa shape index (κ3) is 5.34. The molecule has 8 nitrogen and oxygen atoms in total. The highest BCUT2D eigenvalue weighted by Crippen LogP contribution is 2.34. The number of imidazole rings is 1. The lowest BCUT2D eigenvalue weighted by molar-refractivity contribution is -0.137. The average Bonchev–Trinajstić information content (AvgIpc) is 3.64. The molecule has 0 spiro atoms. The molecule has 0 saturated carbocycles. The van der Waals surface area contributed by atoms with E-state index in [0.717, 1.165) is 41.4 Å². The van der Waals surface area contributed by atoms with E-state index in [1.54, 1.807) is 36.6 Å². The van der Waals surface area contributed by atoms with Gasteiger partial charge in [0, 0.05) is 23.6 Å². The van der Waals surface area contributed by atoms with Gasteiger partial charge in [-0.3, -0.25) is 4.72 Å². The SMILES string of the molecule is CCCCc1nc2ccc(C(F)(F)F)cc2n1Cc1cn(-c2ccccc2S(=O)(=O)Nc2noc(C)c2C)c2ccccc12. The van der Waals surface area contributed by atoms with Gasteiger partial charge >= 0.3 is 6.18 Å². The van der Waals surface area contributed by atoms with E-state index in [2.05, 4.69) is 9.88 Å². The second kappa shape index (κ2) is 11.2. The van der Waals surface area contributed by atoms with E-state index >= 15 is 0 Å². The first kappa shape index (κ1) is 29.5. The van der Waals surface area contributed by atoms with Crippen LogP contribution in [-0.4, -0.2) is 27.7 Å². The van der Waals surface area contributed by atoms with Crippen LogP contribution in [0.2, 0.25) is 0 Å². The Morgan fingerprint density at radius 1 is 0.977 bits per heavy atom. The molecule has 0 aliphatic heterocycles. The molecule has 3 heterocycles. The van der Waals surface area contributed by atoms with Gasteiger partial charge in [-0.25, -0.2) is 13.4 Å². The molecule has 6 rings (SSSR count). The number of aryl methyl sites for hydroxylation is 2. The Labute approximate surface area is 252 Å². The van der Waals surface area contributed by atoms with Crippen LogP contribution in [0.15, 0.2) is 82.3 Å². The van der Waals surface area contributed by atoms with E-state index in [9.17, 15) is 21.6 Å². The minimum Gasteiger partial charge on any atom is -0.359 e. The number of hydrogen-bond acceptors (Lipinski definition) is 5. The summed E-state index contributed by atoms with van der Waals surface area (Å²) < 4.78 is 79.7. The summed E-state index contributed by atoms with van der Waals surface area (Å²) in [7, 11) is -4.09. The standard InChI is InChI=1S/C32H30F3N5O3S/c1-4-5-14-30-36-25-16-15-23(32(33,34)35)17-28(25)40(30)19-22-18-39(26-11-7-6-10-24(22)26)27-12-8-9-13-29(27)44(41,42)38-31-20(2)21(3)43-37-31/h6-13,15-18H,4-5,14,19H2,1-3H3,(H,37,38). The van der Waals surface area contributed by atoms with Gasteiger partial charge in [-0.15, -0.1) is 0 Å². The van der Waals surface area contributed by atoms with Crippen molar-refractivity contribution < 1.29 is 26.1 Å². The Kier molecular flexibility index (Phi) is 7.48. The van der Waals surface area contributed by atoms with Crippen molar-refractivity contribution in [1.82, 2.24) is 19.3 Å². The molecule has 0 fully saturated rings. The fraction of sp³-hybridized carbons (Fsp3) is 0.250. The molecule has 0 unspecified atom stereocenters. The van der Waals surface area contributed by atoms with E-state index in [0.29, 0.717) is 40.3 Å². The third-order valence-electron chi connectivity index (χ3n) is 7.83. The number of anilines is 1. The third-order valence-corrected chi connectivity index (χ3v) is 9.22. The van der Waals surface area contributed by atoms with Crippen molar-refractivity contribution >= 4 is 37.8 Å². The highest BCUT2D eigenvalue weighted by molar-refractivity contribution is 7.92. The molecule has 228 valence electrons. The molecule has 0 bridgehead atoms. The maximum absolute atomic E-state index is 13.7. The minimum absolute atomic E-state index is 0.0268. The van der Waals surface area contributed by atoms with Crippen LogP contribution in [0.4, 0.5) is 19.0 Å². The van der Waals surface area contributed by atoms with E-state index in [4.69, 9.17) is 9.51 Å². The van der Waals surface area contributed by atoms with Crippen LogP contribution < -0.4 is 4.72 Å². The van der Waals surface area contributed by atoms with Crippen LogP contribution in [0.1, 0.15) is 48.0 Å². The number of unbranched alkanes of at least 4 members (excludes halogenated alkanes) is 1. The van der Waals surface area contributed by atoms with Crippen molar-refractivity contribution in [1.29, 1.82) is 0 Å². The van der Waals surface area contributed by atoms with Gasteiger partial charge in [0.2, 0.25) is 0 Å². The average molecular weight is 622 g/mol. The van der Waals surface area contributed by atoms with Crippen LogP contribution in [0.5, 0.6) is 0 Å². The van der Waals surface area contributed by atoms with Gasteiger partial charge < -0.3 is 13.7 Å². The lowest BCUT2D eigenvalue weighted by Crippen LogP contribution is -2.16. The molecule has 0 aliphatic rings. The largest absolute Gasteiger partial charge is 0.416 e. The van der Waals surface area contributed by atoms with Gasteiger partial charge in [0.1, 0.15) is 16.5 Å². The molecule has 0 atom stereocenters. The number of hydrogen-bond donors (Lipinski definition) is 1. The summed E-state index contributed by atoms with van der Waals surface area (Å²) in [6, 6.07) is 17.8. The number of fused-ring (bicyclic) bond motifs is 2. The zero-order chi connectivity index (χ0) is 31.2. The number of sulfonamides is 1. The number of para-hydroxylation sites is 2. The van der Waals surface area contributed by atoms with Gasteiger partial charge in [-0.2, -0.15) is 13.2 Å². The summed E-state index contributed by atoms with van der Waals surface area (Å²) in [4.78, 5) is 4.72. The second-order valence-corrected chi connectivity index (χ2v) is 12.4. The summed E-state index contributed by atoms with van der Waals surface area (Å²) in [6.07, 6.45) is -0.301. The van der Waals surface area contributed by atoms with E-state index in [1.807, 2.05) is 42.0 Å². The van der Waals surface area contributed by atoms with Crippen LogP contribution >= 0.6 is 0 Å². The van der Waals surface area contributed by atoms with E-state index in [-0.39, 0.29) is 17.3 Å². The van der Waals surface area contributed by atoms with Crippen LogP contribution in [0.25, 0.3) is 27.6 Å². The van der Waals surface area contributed by atoms with Gasteiger partial charge in [0.25, 0.3) is 10.0 Å². The van der Waals surface area contributed by atoms with Crippen molar-refractivity contribution in [2.24, 2.45) is 0 Å². The summed E-state index contributed by atoms with van der Waals surface area (Å²) in [5, 5.41) is 4.69. The van der Waals surface area contributed by atoms with Crippen molar-refractivity contribution in [2.75, 3.05) is 4.72 Å². The number of halogens is 3. The Balaban J connectivity index is 1.48. The first-order valence-corrected chi connectivity index (χ1v) is 15.7. The Hall–Kier alpha value is -4.58. The molecule has 3 aromatic carbocycles. The van der Waals surface area contributed by atoms with Crippen molar-refractivity contribution in [3.05, 3.63) is 101 Å². The molecule has 44 heavy (non-hydrogen) atoms. The molecule has 3 aromatic heterocycles. The molecule has 6 aromatic rings. The van der Waals surface area contributed by atoms with Crippen molar-refractivity contribution in [3.63, 3.8) is 0 Å². The fourth-order valence-corrected chi connectivity index (χ4v) is 6.63. The number of nitrogens with zero attached hydrogens (tertiary/aromatic N) is 4. The number of alkyl halides is 3. The van der Waals surface area contributed by atoms with Gasteiger partial charge in [-0.1, -0.05) is 48.8 Å². The van der Waals surface area contributed by atoms with Crippen LogP contribution in [0.3, 0.4) is 0 Å². The van der Waals surface area contributed by atoms with Gasteiger partial charge in [0.05, 0.1) is 34.3 Å². The summed E-state index contributed by atoms with van der Waals surface area (Å²) >= 11 is 0. The summed E-state index contributed by atoms with van der Waals surface area (Å²) in [5.41, 5.74) is 2.69. The number of aromatic nitrogens is 4. The number of rotatable bonds is 9. The Morgan fingerprint density at radius 3 is 2.45 bits per heavy atom. The monoisotopic (exact) mass is 621 g/mol. The molecule has 0 amide bonds. The molecule has 1 N–H and O–H groups in total. The van der Waals surface area contributed by atoms with E-state index < -0.39 is 21.8 Å². The summed E-state index contributed by atoms with van der Waals surface area (Å²) in [6.45, 7) is 5.71. The molecule has 0 radical (unpaired) electrons. The Morgan fingerprint density at radius 2 is 1.73 bits per heavy atom. The zero-order valence-corrected chi connectivity index (χ0v) is 25.1. The summed E-state index contributed by atoms with van der Waals surface area (Å²) in [5.74, 6) is 1.31. The maximum Gasteiger partial charge on any atom is 0.416 e. The Bertz CT molecular complexity index is 2110. The molecule has 0 saturated heterocycles. The van der Waals surface area contributed by atoms with Gasteiger partial charge in [-0.05, 0) is 62.2 Å². The zero-order valence-electron chi connectivity index (χ0n) is 24.3. The predicted octanol–water partition coefficient (Wildman–Crippen LogP) is 7.80. The lowest BCUT2D eigenvalue weighted by atomic mass is 10.1. The fourth-order valence-electron chi connectivity index (χ4n) is 5.38. The van der Waals surface area contributed by atoms with Gasteiger partial charge in [0.15, 0.2) is 5.82 Å². The first-order chi connectivity index (χ1) is 21.0. The normalized spacial score (nSPS) is 12.4.